The van der Waals surface area contributed by atoms with Crippen LogP contribution in [-0.2, 0) is 0 Å². The first kappa shape index (κ1) is 16.9. The molecular formula is C15H19IN4O2. The van der Waals surface area contributed by atoms with Gasteiger partial charge in [-0.1, -0.05) is 12.1 Å². The van der Waals surface area contributed by atoms with Crippen LogP contribution in [0.5, 0.6) is 0 Å². The second-order valence-electron chi connectivity index (χ2n) is 5.11. The number of hydrogen-bond acceptors (Lipinski definition) is 4. The molecule has 22 heavy (non-hydrogen) atoms. The van der Waals surface area contributed by atoms with E-state index in [-0.39, 0.29) is 11.7 Å². The van der Waals surface area contributed by atoms with E-state index in [4.69, 9.17) is 10.9 Å². The van der Waals surface area contributed by atoms with Crippen LogP contribution < -0.4 is 5.84 Å². The molecule has 7 heteroatoms. The van der Waals surface area contributed by atoms with Crippen LogP contribution in [0.25, 0.3) is 0 Å². The molecule has 1 fully saturated rings. The first-order valence-corrected chi connectivity index (χ1v) is 8.07. The predicted molar refractivity (Wildman–Crippen MR) is 92.5 cm³/mol. The van der Waals surface area contributed by atoms with E-state index in [1.165, 1.54) is 12.6 Å². The number of nitrogens with zero attached hydrogens (tertiary/aromatic N) is 3. The third-order valence-electron chi connectivity index (χ3n) is 3.55. The lowest BCUT2D eigenvalue weighted by Gasteiger charge is -2.24. The molecule has 1 aromatic heterocycles. The number of hydrazine groups is 1. The fraction of sp³-hybridized carbons (Fsp3) is 0.333. The Morgan fingerprint density at radius 2 is 1.95 bits per heavy atom. The molecule has 2 aromatic rings. The molecule has 0 saturated carbocycles. The molecule has 0 bridgehead atoms. The number of carboxylic acid groups (broad SMARTS) is 1. The zero-order valence-corrected chi connectivity index (χ0v) is 14.5. The maximum Gasteiger partial charge on any atom is 0.354 e. The second kappa shape index (κ2) is 7.70. The van der Waals surface area contributed by atoms with Gasteiger partial charge >= 0.3 is 5.97 Å². The number of carbonyl (C=O) groups is 1. The molecule has 0 spiro atoms. The van der Waals surface area contributed by atoms with Gasteiger partial charge in [-0.2, -0.15) is 0 Å². The minimum atomic E-state index is -0.958. The van der Waals surface area contributed by atoms with Gasteiger partial charge < -0.3 is 9.67 Å². The van der Waals surface area contributed by atoms with E-state index in [1.54, 1.807) is 15.9 Å². The van der Waals surface area contributed by atoms with Gasteiger partial charge in [0, 0.05) is 16.7 Å². The van der Waals surface area contributed by atoms with Crippen molar-refractivity contribution < 1.29 is 9.90 Å². The Hall–Kier alpha value is -1.45. The summed E-state index contributed by atoms with van der Waals surface area (Å²) in [6.07, 6.45) is 4.20. The van der Waals surface area contributed by atoms with E-state index in [1.807, 2.05) is 31.2 Å². The van der Waals surface area contributed by atoms with Gasteiger partial charge in [-0.05, 0) is 53.6 Å². The standard InChI is InChI=1S/C12H11IN2O2.C3H8N2/c1-8(9-2-4-10(13)5-3-9)15-7-14-6-11(15)12(16)17;4-5-2-1-3-5/h2-8H,1H3,(H,16,17);1-4H2. The van der Waals surface area contributed by atoms with Crippen LogP contribution in [0.4, 0.5) is 0 Å². The fourth-order valence-electron chi connectivity index (χ4n) is 2.02. The van der Waals surface area contributed by atoms with Gasteiger partial charge in [-0.3, -0.25) is 5.84 Å². The molecule has 1 saturated heterocycles. The molecule has 1 aliphatic rings. The quantitative estimate of drug-likeness (QED) is 0.595. The Labute approximate surface area is 143 Å². The van der Waals surface area contributed by atoms with Gasteiger partial charge in [-0.25, -0.2) is 14.8 Å². The Morgan fingerprint density at radius 1 is 1.36 bits per heavy atom. The Kier molecular flexibility index (Phi) is 5.92. The number of benzene rings is 1. The van der Waals surface area contributed by atoms with Crippen LogP contribution in [0.3, 0.4) is 0 Å². The third kappa shape index (κ3) is 4.28. The average molecular weight is 414 g/mol. The van der Waals surface area contributed by atoms with Crippen LogP contribution in [-0.4, -0.2) is 38.7 Å². The van der Waals surface area contributed by atoms with Crippen LogP contribution >= 0.6 is 22.6 Å². The predicted octanol–water partition coefficient (Wildman–Crippen LogP) is 2.36. The molecule has 0 aliphatic carbocycles. The summed E-state index contributed by atoms with van der Waals surface area (Å²) in [6, 6.07) is 7.96. The molecular weight excluding hydrogens is 395 g/mol. The molecule has 2 heterocycles. The van der Waals surface area contributed by atoms with Crippen LogP contribution in [0.1, 0.15) is 35.4 Å². The molecule has 0 amide bonds. The first-order valence-electron chi connectivity index (χ1n) is 6.99. The maximum absolute atomic E-state index is 11.0. The molecule has 1 unspecified atom stereocenters. The fourth-order valence-corrected chi connectivity index (χ4v) is 2.38. The number of nitrogens with two attached hydrogens (primary N) is 1. The Morgan fingerprint density at radius 3 is 2.41 bits per heavy atom. The van der Waals surface area contributed by atoms with E-state index in [2.05, 4.69) is 27.6 Å². The Bertz CT molecular complexity index is 623. The number of aromatic nitrogens is 2. The number of carboxylic acids is 1. The summed E-state index contributed by atoms with van der Waals surface area (Å²) in [7, 11) is 0. The molecule has 6 nitrogen and oxygen atoms in total. The molecule has 1 atom stereocenters. The normalized spacial score (nSPS) is 15.4. The molecule has 1 aliphatic heterocycles. The molecule has 3 N–H and O–H groups in total. The number of imidazole rings is 1. The van der Waals surface area contributed by atoms with Gasteiger partial charge in [0.2, 0.25) is 0 Å². The van der Waals surface area contributed by atoms with Crippen molar-refractivity contribution in [2.45, 2.75) is 19.4 Å². The number of aromatic carboxylic acids is 1. The monoisotopic (exact) mass is 414 g/mol. The maximum atomic E-state index is 11.0. The highest BCUT2D eigenvalue weighted by Gasteiger charge is 2.15. The second-order valence-corrected chi connectivity index (χ2v) is 6.35. The van der Waals surface area contributed by atoms with Gasteiger partial charge in [0.1, 0.15) is 5.69 Å². The summed E-state index contributed by atoms with van der Waals surface area (Å²) >= 11 is 2.24. The first-order chi connectivity index (χ1) is 10.5. The van der Waals surface area contributed by atoms with Gasteiger partial charge in [-0.15, -0.1) is 0 Å². The van der Waals surface area contributed by atoms with E-state index in [9.17, 15) is 4.79 Å². The molecule has 3 rings (SSSR count). The summed E-state index contributed by atoms with van der Waals surface area (Å²) in [4.78, 5) is 14.9. The van der Waals surface area contributed by atoms with E-state index in [0.717, 1.165) is 22.2 Å². The summed E-state index contributed by atoms with van der Waals surface area (Å²) in [5, 5.41) is 10.8. The van der Waals surface area contributed by atoms with Crippen molar-refractivity contribution in [3.8, 4) is 0 Å². The lowest BCUT2D eigenvalue weighted by molar-refractivity contribution is 0.0684. The van der Waals surface area contributed by atoms with Crippen molar-refractivity contribution in [1.82, 2.24) is 14.6 Å². The zero-order chi connectivity index (χ0) is 16.1. The lowest BCUT2D eigenvalue weighted by Crippen LogP contribution is -2.42. The highest BCUT2D eigenvalue weighted by atomic mass is 127. The van der Waals surface area contributed by atoms with Gasteiger partial charge in [0.05, 0.1) is 18.6 Å². The zero-order valence-electron chi connectivity index (χ0n) is 12.3. The summed E-state index contributed by atoms with van der Waals surface area (Å²) in [5.41, 5.74) is 1.27. The summed E-state index contributed by atoms with van der Waals surface area (Å²) in [5.74, 6) is 4.25. The van der Waals surface area contributed by atoms with Crippen LogP contribution in [0.2, 0.25) is 0 Å². The number of halogens is 1. The van der Waals surface area contributed by atoms with Crippen molar-refractivity contribution in [3.63, 3.8) is 0 Å². The summed E-state index contributed by atoms with van der Waals surface area (Å²) < 4.78 is 2.81. The van der Waals surface area contributed by atoms with Crippen LogP contribution in [0.15, 0.2) is 36.8 Å². The lowest BCUT2D eigenvalue weighted by atomic mass is 10.1. The van der Waals surface area contributed by atoms with Crippen LogP contribution in [0, 0.1) is 3.57 Å². The van der Waals surface area contributed by atoms with Crippen molar-refractivity contribution >= 4 is 28.6 Å². The van der Waals surface area contributed by atoms with Crippen molar-refractivity contribution in [2.24, 2.45) is 5.84 Å². The number of hydrogen-bond donors (Lipinski definition) is 2. The Balaban J connectivity index is 0.000000299. The molecule has 1 aromatic carbocycles. The average Bonchev–Trinajstić information content (AvgIpc) is 2.95. The van der Waals surface area contributed by atoms with Gasteiger partial charge in [0.15, 0.2) is 0 Å². The van der Waals surface area contributed by atoms with E-state index in [0.29, 0.717) is 0 Å². The SMILES string of the molecule is CC(c1ccc(I)cc1)n1cncc1C(=O)O.NN1CCC1. The van der Waals surface area contributed by atoms with Crippen molar-refractivity contribution in [1.29, 1.82) is 0 Å². The van der Waals surface area contributed by atoms with Crippen molar-refractivity contribution in [3.05, 3.63) is 51.6 Å². The minimum absolute atomic E-state index is 0.0411. The highest BCUT2D eigenvalue weighted by Crippen LogP contribution is 2.20. The molecule has 0 radical (unpaired) electrons. The largest absolute Gasteiger partial charge is 0.477 e. The minimum Gasteiger partial charge on any atom is -0.477 e. The van der Waals surface area contributed by atoms with E-state index >= 15 is 0 Å². The topological polar surface area (TPSA) is 84.4 Å². The van der Waals surface area contributed by atoms with Gasteiger partial charge in [0.25, 0.3) is 0 Å². The number of rotatable bonds is 3. The third-order valence-corrected chi connectivity index (χ3v) is 4.26. The molecule has 118 valence electrons. The smallest absolute Gasteiger partial charge is 0.354 e. The highest BCUT2D eigenvalue weighted by molar-refractivity contribution is 14.1. The van der Waals surface area contributed by atoms with Crippen molar-refractivity contribution in [2.75, 3.05) is 13.1 Å². The van der Waals surface area contributed by atoms with E-state index < -0.39 is 5.97 Å². The summed E-state index contributed by atoms with van der Waals surface area (Å²) in [6.45, 7) is 4.15.